The number of carbonyl (C=O) groups is 2. The van der Waals surface area contributed by atoms with Crippen molar-refractivity contribution in [2.75, 3.05) is 0 Å². The van der Waals surface area contributed by atoms with Crippen molar-refractivity contribution in [2.45, 2.75) is 25.9 Å². The molecule has 35 heavy (non-hydrogen) atoms. The molecule has 0 bridgehead atoms. The summed E-state index contributed by atoms with van der Waals surface area (Å²) in [6, 6.07) is 6.67. The van der Waals surface area contributed by atoms with Crippen molar-refractivity contribution < 1.29 is 23.5 Å². The first-order valence-electron chi connectivity index (χ1n) is 10.5. The first-order chi connectivity index (χ1) is 16.5. The van der Waals surface area contributed by atoms with Crippen LogP contribution in [0, 0.1) is 18.6 Å². The average Bonchev–Trinajstić information content (AvgIpc) is 2.81. The molecule has 4 N–H and O–H groups in total. The van der Waals surface area contributed by atoms with E-state index in [1.54, 1.807) is 38.2 Å². The zero-order valence-corrected chi connectivity index (χ0v) is 19.3. The molecule has 0 fully saturated rings. The summed E-state index contributed by atoms with van der Waals surface area (Å²) in [6.07, 6.45) is -0.185. The van der Waals surface area contributed by atoms with Crippen LogP contribution in [0.4, 0.5) is 8.78 Å². The number of carboxylic acid groups (broad SMARTS) is 1. The Kier molecular flexibility index (Phi) is 7.30. The summed E-state index contributed by atoms with van der Waals surface area (Å²) in [5, 5.41) is 11.7. The molecule has 0 spiro atoms. The maximum absolute atomic E-state index is 14.2. The Balaban J connectivity index is 1.86. The number of aromatic nitrogens is 2. The smallest absolute Gasteiger partial charge is 0.330 e. The molecule has 1 atom stereocenters. The maximum Gasteiger partial charge on any atom is 0.330 e. The number of aliphatic carboxylic acids is 1. The predicted octanol–water partition coefficient (Wildman–Crippen LogP) is 1.22. The highest BCUT2D eigenvalue weighted by molar-refractivity contribution is 5.97. The Morgan fingerprint density at radius 3 is 2.11 bits per heavy atom. The molecular weight excluding hydrogens is 462 g/mol. The Labute approximate surface area is 198 Å². The van der Waals surface area contributed by atoms with Gasteiger partial charge >= 0.3 is 11.7 Å². The van der Waals surface area contributed by atoms with Crippen LogP contribution >= 0.6 is 0 Å². The molecule has 3 aromatic rings. The van der Waals surface area contributed by atoms with Gasteiger partial charge < -0.3 is 20.7 Å². The van der Waals surface area contributed by atoms with Crippen LogP contribution in [0.25, 0.3) is 11.1 Å². The molecule has 0 saturated carbocycles. The Morgan fingerprint density at radius 1 is 1.03 bits per heavy atom. The van der Waals surface area contributed by atoms with Gasteiger partial charge in [-0.15, -0.1) is 0 Å². The van der Waals surface area contributed by atoms with Crippen molar-refractivity contribution >= 4 is 11.9 Å². The van der Waals surface area contributed by atoms with Gasteiger partial charge in [0, 0.05) is 32.8 Å². The van der Waals surface area contributed by atoms with Crippen molar-refractivity contribution in [1.82, 2.24) is 14.5 Å². The SMILES string of the molecule is Cc1c(-c2ccc(CC(NC(=O)c3c(F)cc(CN)cc3F)C(=O)O)cc2)c(=O)n(C)c(=O)n1C. The third-order valence-corrected chi connectivity index (χ3v) is 5.81. The molecule has 3 rings (SSSR count). The first-order valence-corrected chi connectivity index (χ1v) is 10.5. The minimum atomic E-state index is -1.48. The van der Waals surface area contributed by atoms with Crippen LogP contribution in [0.3, 0.4) is 0 Å². The highest BCUT2D eigenvalue weighted by Crippen LogP contribution is 2.20. The minimum Gasteiger partial charge on any atom is -0.480 e. The van der Waals surface area contributed by atoms with Gasteiger partial charge in [0.1, 0.15) is 23.2 Å². The number of hydrogen-bond acceptors (Lipinski definition) is 5. The quantitative estimate of drug-likeness (QED) is 0.460. The van der Waals surface area contributed by atoms with Crippen LogP contribution < -0.4 is 22.3 Å². The number of benzene rings is 2. The average molecular weight is 486 g/mol. The number of nitrogens with one attached hydrogen (secondary N) is 1. The molecule has 184 valence electrons. The van der Waals surface area contributed by atoms with Gasteiger partial charge in [-0.1, -0.05) is 24.3 Å². The van der Waals surface area contributed by atoms with Crippen molar-refractivity contribution in [3.8, 4) is 11.1 Å². The zero-order chi connectivity index (χ0) is 26.0. The molecule has 1 heterocycles. The second-order valence-corrected chi connectivity index (χ2v) is 8.07. The number of nitrogens with zero attached hydrogens (tertiary/aromatic N) is 2. The van der Waals surface area contributed by atoms with Crippen LogP contribution in [0.2, 0.25) is 0 Å². The lowest BCUT2D eigenvalue weighted by atomic mass is 10.00. The number of halogens is 2. The minimum absolute atomic E-state index is 0.131. The molecule has 0 aliphatic carbocycles. The van der Waals surface area contributed by atoms with Crippen molar-refractivity contribution in [3.05, 3.63) is 91.3 Å². The number of hydrogen-bond donors (Lipinski definition) is 3. The molecule has 0 aliphatic rings. The van der Waals surface area contributed by atoms with Gasteiger partial charge in [-0.05, 0) is 35.7 Å². The number of nitrogens with two attached hydrogens (primary N) is 1. The van der Waals surface area contributed by atoms with E-state index in [0.29, 0.717) is 22.4 Å². The van der Waals surface area contributed by atoms with E-state index in [0.717, 1.165) is 16.7 Å². The van der Waals surface area contributed by atoms with Crippen LogP contribution in [-0.4, -0.2) is 32.2 Å². The lowest BCUT2D eigenvalue weighted by molar-refractivity contribution is -0.139. The molecule has 9 nitrogen and oxygen atoms in total. The monoisotopic (exact) mass is 486 g/mol. The largest absolute Gasteiger partial charge is 0.480 e. The van der Waals surface area contributed by atoms with E-state index in [1.807, 2.05) is 0 Å². The molecular formula is C24H24F2N4O5. The van der Waals surface area contributed by atoms with Crippen LogP contribution in [0.5, 0.6) is 0 Å². The predicted molar refractivity (Wildman–Crippen MR) is 124 cm³/mol. The number of carboxylic acids is 1. The fourth-order valence-corrected chi connectivity index (χ4v) is 3.71. The van der Waals surface area contributed by atoms with Crippen LogP contribution in [0.15, 0.2) is 46.0 Å². The van der Waals surface area contributed by atoms with Gasteiger partial charge in [0.2, 0.25) is 0 Å². The fourth-order valence-electron chi connectivity index (χ4n) is 3.71. The summed E-state index contributed by atoms with van der Waals surface area (Å²) in [5.74, 6) is -4.90. The fraction of sp³-hybridized carbons (Fsp3) is 0.250. The van der Waals surface area contributed by atoms with Gasteiger partial charge in [0.25, 0.3) is 11.5 Å². The topological polar surface area (TPSA) is 136 Å². The molecule has 2 aromatic carbocycles. The van der Waals surface area contributed by atoms with Crippen molar-refractivity contribution in [1.29, 1.82) is 0 Å². The third-order valence-electron chi connectivity index (χ3n) is 5.81. The van der Waals surface area contributed by atoms with E-state index in [-0.39, 0.29) is 18.5 Å². The van der Waals surface area contributed by atoms with E-state index >= 15 is 0 Å². The molecule has 0 saturated heterocycles. The molecule has 11 heteroatoms. The molecule has 0 radical (unpaired) electrons. The summed E-state index contributed by atoms with van der Waals surface area (Å²) in [4.78, 5) is 48.9. The van der Waals surface area contributed by atoms with Gasteiger partial charge in [-0.25, -0.2) is 18.4 Å². The zero-order valence-electron chi connectivity index (χ0n) is 19.3. The normalized spacial score (nSPS) is 11.8. The molecule has 1 aromatic heterocycles. The number of carbonyl (C=O) groups excluding carboxylic acids is 1. The Bertz CT molecular complexity index is 1400. The molecule has 1 unspecified atom stereocenters. The van der Waals surface area contributed by atoms with E-state index < -0.39 is 46.4 Å². The van der Waals surface area contributed by atoms with E-state index in [1.165, 1.54) is 11.6 Å². The summed E-state index contributed by atoms with van der Waals surface area (Å²) in [6.45, 7) is 1.51. The molecule has 0 aliphatic heterocycles. The highest BCUT2D eigenvalue weighted by atomic mass is 19.1. The lowest BCUT2D eigenvalue weighted by Crippen LogP contribution is -2.43. The highest BCUT2D eigenvalue weighted by Gasteiger charge is 2.25. The Hall–Kier alpha value is -4.12. The van der Waals surface area contributed by atoms with E-state index in [4.69, 9.17) is 5.73 Å². The van der Waals surface area contributed by atoms with E-state index in [2.05, 4.69) is 5.32 Å². The van der Waals surface area contributed by atoms with Gasteiger partial charge in [-0.3, -0.25) is 14.2 Å². The molecule has 1 amide bonds. The maximum atomic E-state index is 14.2. The Morgan fingerprint density at radius 2 is 1.60 bits per heavy atom. The van der Waals surface area contributed by atoms with Crippen LogP contribution in [-0.2, 0) is 31.9 Å². The van der Waals surface area contributed by atoms with Gasteiger partial charge in [-0.2, -0.15) is 0 Å². The number of amides is 1. The summed E-state index contributed by atoms with van der Waals surface area (Å²) >= 11 is 0. The second kappa shape index (κ2) is 10.0. The summed E-state index contributed by atoms with van der Waals surface area (Å²) in [7, 11) is 2.92. The second-order valence-electron chi connectivity index (χ2n) is 8.07. The van der Waals surface area contributed by atoms with Gasteiger partial charge in [0.15, 0.2) is 0 Å². The summed E-state index contributed by atoms with van der Waals surface area (Å²) < 4.78 is 30.8. The first kappa shape index (κ1) is 25.5. The van der Waals surface area contributed by atoms with Crippen molar-refractivity contribution in [3.63, 3.8) is 0 Å². The lowest BCUT2D eigenvalue weighted by Gasteiger charge is -2.16. The summed E-state index contributed by atoms with van der Waals surface area (Å²) in [5.41, 5.74) is 5.46. The third kappa shape index (κ3) is 5.04. The number of rotatable bonds is 7. The van der Waals surface area contributed by atoms with Crippen LogP contribution in [0.1, 0.15) is 27.2 Å². The van der Waals surface area contributed by atoms with E-state index in [9.17, 15) is 33.1 Å². The standard InChI is InChI=1S/C24H24F2N4O5/c1-12-19(22(32)30(3)24(35)29(12)2)15-6-4-13(5-7-15)10-18(23(33)34)28-21(31)20-16(25)8-14(11-27)9-17(20)26/h4-9,18H,10-11,27H2,1-3H3,(H,28,31)(H,33,34). The van der Waals surface area contributed by atoms with Gasteiger partial charge in [0.05, 0.1) is 5.56 Å². The van der Waals surface area contributed by atoms with Crippen molar-refractivity contribution in [2.24, 2.45) is 19.8 Å².